The molecule has 0 unspecified atom stereocenters. The number of aromatic amines is 1. The van der Waals surface area contributed by atoms with Crippen LogP contribution in [0.15, 0.2) is 20.7 Å². The van der Waals surface area contributed by atoms with Gasteiger partial charge in [-0.1, -0.05) is 0 Å². The van der Waals surface area contributed by atoms with Crippen molar-refractivity contribution in [3.05, 3.63) is 27.0 Å². The van der Waals surface area contributed by atoms with E-state index < -0.39 is 26.2 Å². The van der Waals surface area contributed by atoms with Gasteiger partial charge in [-0.15, -0.1) is 0 Å². The topological polar surface area (TPSA) is 124 Å². The molecule has 1 aromatic heterocycles. The van der Waals surface area contributed by atoms with Gasteiger partial charge in [0, 0.05) is 25.5 Å². The van der Waals surface area contributed by atoms with Crippen molar-refractivity contribution in [3.63, 3.8) is 0 Å². The van der Waals surface area contributed by atoms with Crippen LogP contribution in [0.2, 0.25) is 0 Å². The van der Waals surface area contributed by atoms with E-state index in [0.717, 1.165) is 6.20 Å². The average molecular weight is 275 g/mol. The van der Waals surface area contributed by atoms with Gasteiger partial charge in [-0.05, 0) is 12.8 Å². The molecule has 1 aliphatic rings. The lowest BCUT2D eigenvalue weighted by Gasteiger charge is -2.23. The van der Waals surface area contributed by atoms with E-state index in [0.29, 0.717) is 26.1 Å². The van der Waals surface area contributed by atoms with Gasteiger partial charge in [0.05, 0.1) is 0 Å². The van der Waals surface area contributed by atoms with Crippen LogP contribution in [0.1, 0.15) is 18.9 Å². The Bertz CT molecular complexity index is 654. The molecule has 0 aromatic carbocycles. The molecule has 0 radical (unpaired) electrons. The van der Waals surface area contributed by atoms with Crippen LogP contribution in [0.5, 0.6) is 0 Å². The zero-order chi connectivity index (χ0) is 13.3. The summed E-state index contributed by atoms with van der Waals surface area (Å²) in [6.07, 6.45) is 2.17. The largest absolute Gasteiger partial charge is 0.381 e. The summed E-state index contributed by atoms with van der Waals surface area (Å²) in [6, 6.07) is -0.191. The van der Waals surface area contributed by atoms with Crippen LogP contribution in [0, 0.1) is 0 Å². The highest BCUT2D eigenvalue weighted by Crippen LogP contribution is 2.18. The van der Waals surface area contributed by atoms with Crippen LogP contribution in [0.3, 0.4) is 0 Å². The number of ether oxygens (including phenoxy) is 1. The van der Waals surface area contributed by atoms with E-state index in [1.165, 1.54) is 4.57 Å². The van der Waals surface area contributed by atoms with E-state index in [4.69, 9.17) is 9.88 Å². The Hall–Kier alpha value is -1.45. The number of hydrogen-bond acceptors (Lipinski definition) is 5. The van der Waals surface area contributed by atoms with Gasteiger partial charge in [0.15, 0.2) is 4.90 Å². The Kier molecular flexibility index (Phi) is 3.37. The van der Waals surface area contributed by atoms with E-state index in [1.807, 2.05) is 4.98 Å². The van der Waals surface area contributed by atoms with Gasteiger partial charge in [-0.3, -0.25) is 14.3 Å². The summed E-state index contributed by atoms with van der Waals surface area (Å²) in [5, 5.41) is 4.92. The molecule has 0 bridgehead atoms. The molecule has 0 spiro atoms. The molecular weight excluding hydrogens is 262 g/mol. The number of nitrogens with two attached hydrogens (primary N) is 1. The molecule has 1 fully saturated rings. The van der Waals surface area contributed by atoms with Gasteiger partial charge in [0.25, 0.3) is 5.56 Å². The second-order valence-corrected chi connectivity index (χ2v) is 5.58. The molecule has 3 N–H and O–H groups in total. The quantitative estimate of drug-likeness (QED) is 0.682. The first-order valence-corrected chi connectivity index (χ1v) is 6.90. The maximum atomic E-state index is 11.6. The molecule has 2 rings (SSSR count). The molecular formula is C9H13N3O5S. The van der Waals surface area contributed by atoms with E-state index in [2.05, 4.69) is 0 Å². The third-order valence-corrected chi connectivity index (χ3v) is 3.73. The van der Waals surface area contributed by atoms with Crippen LogP contribution in [0.25, 0.3) is 0 Å². The SMILES string of the molecule is NS(=O)(=O)c1cn(C2CCOCC2)c(=O)[nH]c1=O. The Morgan fingerprint density at radius 3 is 2.50 bits per heavy atom. The van der Waals surface area contributed by atoms with E-state index in [-0.39, 0.29) is 6.04 Å². The average Bonchev–Trinajstić information content (AvgIpc) is 2.28. The minimum atomic E-state index is -4.15. The normalized spacial score (nSPS) is 17.8. The Morgan fingerprint density at radius 1 is 1.33 bits per heavy atom. The predicted molar refractivity (Wildman–Crippen MR) is 61.8 cm³/mol. The van der Waals surface area contributed by atoms with Gasteiger partial charge < -0.3 is 4.74 Å². The number of sulfonamides is 1. The van der Waals surface area contributed by atoms with Crippen molar-refractivity contribution >= 4 is 10.0 Å². The van der Waals surface area contributed by atoms with Crippen LogP contribution in [-0.4, -0.2) is 31.2 Å². The van der Waals surface area contributed by atoms with Gasteiger partial charge >= 0.3 is 5.69 Å². The monoisotopic (exact) mass is 275 g/mol. The zero-order valence-corrected chi connectivity index (χ0v) is 10.3. The van der Waals surface area contributed by atoms with Crippen molar-refractivity contribution in [2.45, 2.75) is 23.8 Å². The summed E-state index contributed by atoms with van der Waals surface area (Å²) >= 11 is 0. The molecule has 1 saturated heterocycles. The van der Waals surface area contributed by atoms with E-state index >= 15 is 0 Å². The van der Waals surface area contributed by atoms with Crippen molar-refractivity contribution in [2.24, 2.45) is 5.14 Å². The standard InChI is InChI=1S/C9H13N3O5S/c10-18(15,16)7-5-12(9(14)11-8(7)13)6-1-3-17-4-2-6/h5-6H,1-4H2,(H2,10,15,16)(H,11,13,14). The lowest BCUT2D eigenvalue weighted by Crippen LogP contribution is -2.37. The number of nitrogens with zero attached hydrogens (tertiary/aromatic N) is 1. The predicted octanol–water partition coefficient (Wildman–Crippen LogP) is -1.46. The number of rotatable bonds is 2. The van der Waals surface area contributed by atoms with Crippen molar-refractivity contribution in [1.29, 1.82) is 0 Å². The fourth-order valence-electron chi connectivity index (χ4n) is 1.90. The zero-order valence-electron chi connectivity index (χ0n) is 9.46. The molecule has 9 heteroatoms. The maximum absolute atomic E-state index is 11.6. The minimum absolute atomic E-state index is 0.191. The molecule has 1 aromatic rings. The molecule has 0 aliphatic carbocycles. The van der Waals surface area contributed by atoms with Crippen LogP contribution in [-0.2, 0) is 14.8 Å². The fraction of sp³-hybridized carbons (Fsp3) is 0.556. The summed E-state index contributed by atoms with van der Waals surface area (Å²) < 4.78 is 28.8. The smallest absolute Gasteiger partial charge is 0.328 e. The fourth-order valence-corrected chi connectivity index (χ4v) is 2.47. The molecule has 8 nitrogen and oxygen atoms in total. The number of aromatic nitrogens is 2. The van der Waals surface area contributed by atoms with E-state index in [9.17, 15) is 18.0 Å². The number of hydrogen-bond donors (Lipinski definition) is 2. The van der Waals surface area contributed by atoms with Gasteiger partial charge in [0.2, 0.25) is 10.0 Å². The second kappa shape index (κ2) is 4.67. The van der Waals surface area contributed by atoms with E-state index in [1.54, 1.807) is 0 Å². The molecule has 100 valence electrons. The lowest BCUT2D eigenvalue weighted by atomic mass is 10.1. The van der Waals surface area contributed by atoms with Crippen molar-refractivity contribution in [3.8, 4) is 0 Å². The highest BCUT2D eigenvalue weighted by Gasteiger charge is 2.21. The first kappa shape index (κ1) is 13.0. The Morgan fingerprint density at radius 2 is 1.94 bits per heavy atom. The van der Waals surface area contributed by atoms with Gasteiger partial charge in [-0.2, -0.15) is 0 Å². The number of primary sulfonamides is 1. The minimum Gasteiger partial charge on any atom is -0.381 e. The summed E-state index contributed by atoms with van der Waals surface area (Å²) in [5.41, 5.74) is -1.63. The summed E-state index contributed by atoms with van der Waals surface area (Å²) in [4.78, 5) is 24.4. The van der Waals surface area contributed by atoms with Crippen molar-refractivity contribution in [1.82, 2.24) is 9.55 Å². The van der Waals surface area contributed by atoms with Crippen LogP contribution in [0.4, 0.5) is 0 Å². The maximum Gasteiger partial charge on any atom is 0.328 e. The number of H-pyrrole nitrogens is 1. The first-order chi connectivity index (χ1) is 8.39. The van der Waals surface area contributed by atoms with Crippen molar-refractivity contribution in [2.75, 3.05) is 13.2 Å². The summed E-state index contributed by atoms with van der Waals surface area (Å²) in [6.45, 7) is 0.974. The molecule has 0 saturated carbocycles. The highest BCUT2D eigenvalue weighted by molar-refractivity contribution is 7.89. The van der Waals surface area contributed by atoms with Gasteiger partial charge in [-0.25, -0.2) is 18.4 Å². The van der Waals surface area contributed by atoms with Crippen LogP contribution >= 0.6 is 0 Å². The third-order valence-electron chi connectivity index (χ3n) is 2.83. The summed E-state index contributed by atoms with van der Waals surface area (Å²) in [5.74, 6) is 0. The van der Waals surface area contributed by atoms with Gasteiger partial charge in [0.1, 0.15) is 0 Å². The second-order valence-electron chi connectivity index (χ2n) is 4.05. The Balaban J connectivity index is 2.54. The molecule has 1 aliphatic heterocycles. The molecule has 18 heavy (non-hydrogen) atoms. The van der Waals surface area contributed by atoms with Crippen LogP contribution < -0.4 is 16.4 Å². The highest BCUT2D eigenvalue weighted by atomic mass is 32.2. The molecule has 2 heterocycles. The third kappa shape index (κ3) is 2.52. The number of nitrogens with one attached hydrogen (secondary N) is 1. The summed E-state index contributed by atoms with van der Waals surface area (Å²) in [7, 11) is -4.15. The molecule has 0 atom stereocenters. The Labute approximate surface area is 102 Å². The first-order valence-electron chi connectivity index (χ1n) is 5.35. The lowest BCUT2D eigenvalue weighted by molar-refractivity contribution is 0.0680. The molecule has 0 amide bonds. The van der Waals surface area contributed by atoms with Crippen molar-refractivity contribution < 1.29 is 13.2 Å².